The van der Waals surface area contributed by atoms with Gasteiger partial charge in [0.05, 0.1) is 18.3 Å². The Morgan fingerprint density at radius 3 is 2.35 bits per heavy atom. The Labute approximate surface area is 130 Å². The summed E-state index contributed by atoms with van der Waals surface area (Å²) < 4.78 is 12.6. The van der Waals surface area contributed by atoms with Gasteiger partial charge in [0, 0.05) is 24.1 Å². The normalized spacial score (nSPS) is 21.7. The number of morpholine rings is 1. The molecule has 1 saturated heterocycles. The van der Waals surface area contributed by atoms with E-state index in [0.29, 0.717) is 0 Å². The van der Waals surface area contributed by atoms with E-state index in [2.05, 4.69) is 54.6 Å². The van der Waals surface area contributed by atoms with Crippen LogP contribution in [0.4, 0.5) is 0 Å². The molecule has 1 heterocycles. The molecule has 0 radical (unpaired) electrons. The van der Waals surface area contributed by atoms with Crippen LogP contribution in [0.2, 0.25) is 0 Å². The lowest BCUT2D eigenvalue weighted by Gasteiger charge is -2.47. The van der Waals surface area contributed by atoms with Crippen molar-refractivity contribution in [2.45, 2.75) is 45.4 Å². The molecule has 1 fully saturated rings. The van der Waals surface area contributed by atoms with E-state index in [1.165, 1.54) is 5.56 Å². The number of nitrogens with zero attached hydrogens (tertiary/aromatic N) is 1. The van der Waals surface area contributed by atoms with E-state index in [1.54, 1.807) is 7.11 Å². The van der Waals surface area contributed by atoms with Gasteiger partial charge in [0.1, 0.15) is 5.75 Å². The summed E-state index contributed by atoms with van der Waals surface area (Å²) in [5, 5.41) is 0. The molecule has 0 atom stereocenters. The quantitative estimate of drug-likeness (QED) is 0.833. The van der Waals surface area contributed by atoms with Gasteiger partial charge in [0.2, 0.25) is 0 Å². The van der Waals surface area contributed by atoms with Gasteiger partial charge in [-0.25, -0.2) is 0 Å². The molecule has 0 N–H and O–H groups in total. The summed E-state index contributed by atoms with van der Waals surface area (Å²) in [6, 6.07) is 6.12. The largest absolute Gasteiger partial charge is 0.497 e. The van der Waals surface area contributed by atoms with E-state index in [0.717, 1.165) is 29.9 Å². The SMILES string of the molecule is COc1ccc(Br)c(CN2CC(C)(C)OC(C)(C)C2)c1. The van der Waals surface area contributed by atoms with Crippen LogP contribution in [0.5, 0.6) is 5.75 Å². The maximum Gasteiger partial charge on any atom is 0.119 e. The van der Waals surface area contributed by atoms with Gasteiger partial charge in [0.15, 0.2) is 0 Å². The molecule has 1 aliphatic heterocycles. The highest BCUT2D eigenvalue weighted by Crippen LogP contribution is 2.31. The minimum absolute atomic E-state index is 0.118. The lowest BCUT2D eigenvalue weighted by Crippen LogP contribution is -2.56. The molecule has 112 valence electrons. The van der Waals surface area contributed by atoms with Crippen molar-refractivity contribution in [1.82, 2.24) is 4.90 Å². The molecule has 3 nitrogen and oxygen atoms in total. The van der Waals surface area contributed by atoms with Crippen LogP contribution in [-0.4, -0.2) is 36.3 Å². The maximum absolute atomic E-state index is 6.13. The average molecular weight is 342 g/mol. The van der Waals surface area contributed by atoms with Crippen molar-refractivity contribution in [3.63, 3.8) is 0 Å². The van der Waals surface area contributed by atoms with Crippen molar-refractivity contribution in [2.75, 3.05) is 20.2 Å². The third-order valence-electron chi connectivity index (χ3n) is 3.41. The van der Waals surface area contributed by atoms with Crippen molar-refractivity contribution >= 4 is 15.9 Å². The summed E-state index contributed by atoms with van der Waals surface area (Å²) in [4.78, 5) is 2.45. The van der Waals surface area contributed by atoms with Crippen molar-refractivity contribution in [2.24, 2.45) is 0 Å². The third-order valence-corrected chi connectivity index (χ3v) is 4.18. The Morgan fingerprint density at radius 2 is 1.80 bits per heavy atom. The van der Waals surface area contributed by atoms with Crippen molar-refractivity contribution in [3.05, 3.63) is 28.2 Å². The first-order valence-electron chi connectivity index (χ1n) is 6.96. The first-order chi connectivity index (χ1) is 9.21. The molecule has 0 bridgehead atoms. The summed E-state index contributed by atoms with van der Waals surface area (Å²) in [5.74, 6) is 0.898. The zero-order valence-corrected chi connectivity index (χ0v) is 14.6. The first-order valence-corrected chi connectivity index (χ1v) is 7.75. The van der Waals surface area contributed by atoms with E-state index in [-0.39, 0.29) is 11.2 Å². The fourth-order valence-electron chi connectivity index (χ4n) is 3.10. The van der Waals surface area contributed by atoms with Crippen LogP contribution in [-0.2, 0) is 11.3 Å². The van der Waals surface area contributed by atoms with Gasteiger partial charge in [-0.3, -0.25) is 4.90 Å². The summed E-state index contributed by atoms with van der Waals surface area (Å²) in [7, 11) is 1.70. The zero-order valence-electron chi connectivity index (χ0n) is 13.0. The Balaban J connectivity index is 2.17. The summed E-state index contributed by atoms with van der Waals surface area (Å²) in [6.45, 7) is 11.4. The molecular weight excluding hydrogens is 318 g/mol. The fraction of sp³-hybridized carbons (Fsp3) is 0.625. The Kier molecular flexibility index (Phi) is 4.47. The molecular formula is C16H24BrNO2. The van der Waals surface area contributed by atoms with Crippen LogP contribution in [0.25, 0.3) is 0 Å². The van der Waals surface area contributed by atoms with Crippen LogP contribution in [0.1, 0.15) is 33.3 Å². The number of hydrogen-bond donors (Lipinski definition) is 0. The minimum Gasteiger partial charge on any atom is -0.497 e. The fourth-order valence-corrected chi connectivity index (χ4v) is 3.47. The molecule has 20 heavy (non-hydrogen) atoms. The average Bonchev–Trinajstić information content (AvgIpc) is 2.28. The van der Waals surface area contributed by atoms with Gasteiger partial charge >= 0.3 is 0 Å². The monoisotopic (exact) mass is 341 g/mol. The lowest BCUT2D eigenvalue weighted by atomic mass is 9.98. The lowest BCUT2D eigenvalue weighted by molar-refractivity contribution is -0.182. The second-order valence-electron chi connectivity index (χ2n) is 6.72. The topological polar surface area (TPSA) is 21.7 Å². The Bertz CT molecular complexity index is 469. The molecule has 0 aromatic heterocycles. The van der Waals surface area contributed by atoms with Gasteiger partial charge in [-0.15, -0.1) is 0 Å². The zero-order chi connectivity index (χ0) is 15.0. The number of ether oxygens (including phenoxy) is 2. The van der Waals surface area contributed by atoms with Crippen LogP contribution in [0.15, 0.2) is 22.7 Å². The molecule has 0 saturated carbocycles. The summed E-state index contributed by atoms with van der Waals surface area (Å²) >= 11 is 3.63. The van der Waals surface area contributed by atoms with Crippen LogP contribution in [0.3, 0.4) is 0 Å². The summed E-state index contributed by atoms with van der Waals surface area (Å²) in [6.07, 6.45) is 0. The van der Waals surface area contributed by atoms with E-state index in [1.807, 2.05) is 12.1 Å². The van der Waals surface area contributed by atoms with Crippen molar-refractivity contribution < 1.29 is 9.47 Å². The van der Waals surface area contributed by atoms with Gasteiger partial charge in [-0.2, -0.15) is 0 Å². The van der Waals surface area contributed by atoms with E-state index >= 15 is 0 Å². The number of halogens is 1. The highest BCUT2D eigenvalue weighted by atomic mass is 79.9. The van der Waals surface area contributed by atoms with Gasteiger partial charge in [-0.1, -0.05) is 15.9 Å². The Morgan fingerprint density at radius 1 is 1.20 bits per heavy atom. The molecule has 0 aliphatic carbocycles. The predicted molar refractivity (Wildman–Crippen MR) is 85.2 cm³/mol. The van der Waals surface area contributed by atoms with Crippen molar-refractivity contribution in [3.8, 4) is 5.75 Å². The van der Waals surface area contributed by atoms with E-state index in [9.17, 15) is 0 Å². The smallest absolute Gasteiger partial charge is 0.119 e. The van der Waals surface area contributed by atoms with Crippen molar-refractivity contribution in [1.29, 1.82) is 0 Å². The minimum atomic E-state index is -0.118. The molecule has 1 aromatic carbocycles. The van der Waals surface area contributed by atoms with E-state index < -0.39 is 0 Å². The molecule has 4 heteroatoms. The second kappa shape index (κ2) is 5.66. The third kappa shape index (κ3) is 3.96. The maximum atomic E-state index is 6.13. The van der Waals surface area contributed by atoms with Crippen LogP contribution < -0.4 is 4.74 Å². The Hall–Kier alpha value is -0.580. The highest BCUT2D eigenvalue weighted by molar-refractivity contribution is 9.10. The number of methoxy groups -OCH3 is 1. The number of benzene rings is 1. The van der Waals surface area contributed by atoms with E-state index in [4.69, 9.17) is 9.47 Å². The standard InChI is InChI=1S/C16H24BrNO2/c1-15(2)10-18(11-16(3,4)20-15)9-12-8-13(19-5)6-7-14(12)17/h6-8H,9-11H2,1-5H3. The van der Waals surface area contributed by atoms with Gasteiger partial charge < -0.3 is 9.47 Å². The first kappa shape index (κ1) is 15.8. The highest BCUT2D eigenvalue weighted by Gasteiger charge is 2.38. The predicted octanol–water partition coefficient (Wildman–Crippen LogP) is 3.85. The number of rotatable bonds is 3. The summed E-state index contributed by atoms with van der Waals surface area (Å²) in [5.41, 5.74) is 1.01. The molecule has 2 rings (SSSR count). The van der Waals surface area contributed by atoms with Crippen LogP contribution in [0, 0.1) is 0 Å². The number of hydrogen-bond acceptors (Lipinski definition) is 3. The molecule has 0 unspecified atom stereocenters. The van der Waals surface area contributed by atoms with Crippen LogP contribution >= 0.6 is 15.9 Å². The molecule has 0 spiro atoms. The molecule has 1 aliphatic rings. The molecule has 1 aromatic rings. The van der Waals surface area contributed by atoms with Gasteiger partial charge in [0.25, 0.3) is 0 Å². The molecule has 0 amide bonds. The van der Waals surface area contributed by atoms with Gasteiger partial charge in [-0.05, 0) is 51.5 Å². The second-order valence-corrected chi connectivity index (χ2v) is 7.58.